The van der Waals surface area contributed by atoms with Crippen molar-refractivity contribution in [3.8, 4) is 11.3 Å². The smallest absolute Gasteiger partial charge is 0.0702 e. The number of benzene rings is 1. The lowest BCUT2D eigenvalue weighted by Crippen LogP contribution is -2.13. The lowest BCUT2D eigenvalue weighted by Gasteiger charge is -2.26. The Balaban J connectivity index is 1.38. The predicted octanol–water partition coefficient (Wildman–Crippen LogP) is 8.58. The maximum absolute atomic E-state index is 4.64. The van der Waals surface area contributed by atoms with Crippen molar-refractivity contribution in [2.24, 2.45) is 11.8 Å². The first-order valence-electron chi connectivity index (χ1n) is 12.5. The van der Waals surface area contributed by atoms with Crippen LogP contribution in [0.15, 0.2) is 54.7 Å². The third kappa shape index (κ3) is 7.42. The largest absolute Gasteiger partial charge is 0.256 e. The molecule has 0 atom stereocenters. The van der Waals surface area contributed by atoms with Crippen molar-refractivity contribution in [2.75, 3.05) is 0 Å². The number of hydrogen-bond donors (Lipinski definition) is 0. The molecular formula is C29H41N. The molecule has 1 heteroatoms. The van der Waals surface area contributed by atoms with Crippen LogP contribution in [0.2, 0.25) is 0 Å². The quantitative estimate of drug-likeness (QED) is 0.270. The van der Waals surface area contributed by atoms with Crippen molar-refractivity contribution >= 4 is 0 Å². The molecule has 1 aliphatic carbocycles. The van der Waals surface area contributed by atoms with E-state index >= 15 is 0 Å². The summed E-state index contributed by atoms with van der Waals surface area (Å²) in [5.74, 6) is 1.84. The van der Waals surface area contributed by atoms with E-state index in [1.54, 1.807) is 0 Å². The molecule has 1 aliphatic rings. The first-order valence-corrected chi connectivity index (χ1v) is 12.5. The van der Waals surface area contributed by atoms with Gasteiger partial charge in [-0.2, -0.15) is 0 Å². The molecule has 1 nitrogen and oxygen atoms in total. The van der Waals surface area contributed by atoms with E-state index in [1.165, 1.54) is 74.5 Å². The summed E-state index contributed by atoms with van der Waals surface area (Å²) >= 11 is 0. The van der Waals surface area contributed by atoms with Gasteiger partial charge in [-0.15, -0.1) is 0 Å². The third-order valence-electron chi connectivity index (χ3n) is 6.73. The average molecular weight is 404 g/mol. The molecule has 1 aromatic heterocycles. The van der Waals surface area contributed by atoms with Crippen molar-refractivity contribution in [3.63, 3.8) is 0 Å². The highest BCUT2D eigenvalue weighted by molar-refractivity contribution is 5.59. The van der Waals surface area contributed by atoms with Gasteiger partial charge in [-0.25, -0.2) is 0 Å². The minimum absolute atomic E-state index is 0.830. The standard InChI is InChI=1S/C29H41N/c1-3-5-6-10-24-13-15-25(16-14-24)11-7-8-12-26-17-20-28(21-18-26)29-22-19-27(9-4-2)23-30-29/h7,11,17-25H,3-6,8-10,12-16H2,1-2H3/b11-7+/t24-,25-. The molecule has 0 unspecified atom stereocenters. The number of nitrogens with zero attached hydrogens (tertiary/aromatic N) is 1. The van der Waals surface area contributed by atoms with Crippen LogP contribution >= 0.6 is 0 Å². The second-order valence-corrected chi connectivity index (χ2v) is 9.24. The Labute approximate surface area is 185 Å². The van der Waals surface area contributed by atoms with Crippen molar-refractivity contribution in [1.82, 2.24) is 4.98 Å². The lowest BCUT2D eigenvalue weighted by molar-refractivity contribution is 0.289. The lowest BCUT2D eigenvalue weighted by atomic mass is 9.79. The average Bonchev–Trinajstić information content (AvgIpc) is 2.79. The molecule has 0 aliphatic heterocycles. The van der Waals surface area contributed by atoms with E-state index in [1.807, 2.05) is 6.20 Å². The monoisotopic (exact) mass is 403 g/mol. The fraction of sp³-hybridized carbons (Fsp3) is 0.552. The van der Waals surface area contributed by atoms with E-state index in [2.05, 4.69) is 67.4 Å². The van der Waals surface area contributed by atoms with E-state index in [4.69, 9.17) is 0 Å². The highest BCUT2D eigenvalue weighted by Gasteiger charge is 2.18. The summed E-state index contributed by atoms with van der Waals surface area (Å²) in [5, 5.41) is 0. The maximum atomic E-state index is 4.64. The zero-order valence-corrected chi connectivity index (χ0v) is 19.3. The highest BCUT2D eigenvalue weighted by atomic mass is 14.7. The van der Waals surface area contributed by atoms with Crippen molar-refractivity contribution in [3.05, 3.63) is 65.9 Å². The first-order chi connectivity index (χ1) is 14.8. The van der Waals surface area contributed by atoms with Crippen LogP contribution in [0.4, 0.5) is 0 Å². The Morgan fingerprint density at radius 2 is 1.60 bits per heavy atom. The van der Waals surface area contributed by atoms with Gasteiger partial charge in [0, 0.05) is 11.8 Å². The molecule has 0 spiro atoms. The summed E-state index contributed by atoms with van der Waals surface area (Å²) in [5.41, 5.74) is 5.04. The number of rotatable bonds is 11. The van der Waals surface area contributed by atoms with Gasteiger partial charge in [-0.1, -0.05) is 88.4 Å². The number of pyridine rings is 1. The third-order valence-corrected chi connectivity index (χ3v) is 6.73. The second kappa shape index (κ2) is 12.7. The van der Waals surface area contributed by atoms with Crippen LogP contribution in [-0.4, -0.2) is 4.98 Å². The van der Waals surface area contributed by atoms with Gasteiger partial charge in [0.05, 0.1) is 5.69 Å². The fourth-order valence-corrected chi connectivity index (χ4v) is 4.77. The predicted molar refractivity (Wildman–Crippen MR) is 131 cm³/mol. The Morgan fingerprint density at radius 1 is 0.833 bits per heavy atom. The van der Waals surface area contributed by atoms with Crippen molar-refractivity contribution < 1.29 is 0 Å². The van der Waals surface area contributed by atoms with Gasteiger partial charge in [0.2, 0.25) is 0 Å². The summed E-state index contributed by atoms with van der Waals surface area (Å²) in [7, 11) is 0. The molecule has 0 amide bonds. The Kier molecular flexibility index (Phi) is 9.67. The number of aryl methyl sites for hydroxylation is 2. The molecule has 1 aromatic carbocycles. The van der Waals surface area contributed by atoms with Gasteiger partial charge in [-0.05, 0) is 74.0 Å². The molecule has 0 bridgehead atoms. The SMILES string of the molecule is CCCCC[C@H]1CC[C@H](/C=C/CCc2ccc(-c3ccc(CCC)cn3)cc2)CC1. The number of hydrogen-bond acceptors (Lipinski definition) is 1. The van der Waals surface area contributed by atoms with Crippen LogP contribution in [0.1, 0.15) is 89.2 Å². The van der Waals surface area contributed by atoms with Crippen LogP contribution < -0.4 is 0 Å². The van der Waals surface area contributed by atoms with Crippen LogP contribution in [0, 0.1) is 11.8 Å². The van der Waals surface area contributed by atoms with Gasteiger partial charge in [0.15, 0.2) is 0 Å². The summed E-state index contributed by atoms with van der Waals surface area (Å²) in [6, 6.07) is 13.4. The minimum atomic E-state index is 0.830. The molecule has 30 heavy (non-hydrogen) atoms. The summed E-state index contributed by atoms with van der Waals surface area (Å²) < 4.78 is 0. The molecular weight excluding hydrogens is 362 g/mol. The van der Waals surface area contributed by atoms with E-state index < -0.39 is 0 Å². The van der Waals surface area contributed by atoms with Crippen LogP contribution in [-0.2, 0) is 12.8 Å². The molecule has 2 aromatic rings. The zero-order valence-electron chi connectivity index (χ0n) is 19.3. The maximum Gasteiger partial charge on any atom is 0.0702 e. The van der Waals surface area contributed by atoms with Crippen molar-refractivity contribution in [1.29, 1.82) is 0 Å². The van der Waals surface area contributed by atoms with E-state index in [-0.39, 0.29) is 0 Å². The topological polar surface area (TPSA) is 12.9 Å². The molecule has 3 rings (SSSR count). The molecule has 0 N–H and O–H groups in total. The zero-order chi connectivity index (χ0) is 21.0. The van der Waals surface area contributed by atoms with E-state index in [0.29, 0.717) is 0 Å². The Morgan fingerprint density at radius 3 is 2.27 bits per heavy atom. The summed E-state index contributed by atoms with van der Waals surface area (Å²) in [6.07, 6.45) is 22.9. The van der Waals surface area contributed by atoms with Gasteiger partial charge in [0.1, 0.15) is 0 Å². The summed E-state index contributed by atoms with van der Waals surface area (Å²) in [4.78, 5) is 4.64. The van der Waals surface area contributed by atoms with E-state index in [0.717, 1.165) is 36.8 Å². The number of allylic oxidation sites excluding steroid dienone is 2. The second-order valence-electron chi connectivity index (χ2n) is 9.24. The first kappa shape index (κ1) is 22.8. The van der Waals surface area contributed by atoms with Gasteiger partial charge in [-0.3, -0.25) is 4.98 Å². The molecule has 1 heterocycles. The van der Waals surface area contributed by atoms with E-state index in [9.17, 15) is 0 Å². The Hall–Kier alpha value is -1.89. The minimum Gasteiger partial charge on any atom is -0.256 e. The summed E-state index contributed by atoms with van der Waals surface area (Å²) in [6.45, 7) is 4.52. The van der Waals surface area contributed by atoms with Gasteiger partial charge in [0.25, 0.3) is 0 Å². The highest BCUT2D eigenvalue weighted by Crippen LogP contribution is 2.32. The number of unbranched alkanes of at least 4 members (excludes halogenated alkanes) is 2. The Bertz CT molecular complexity index is 733. The molecule has 0 radical (unpaired) electrons. The molecule has 1 saturated carbocycles. The van der Waals surface area contributed by atoms with Crippen molar-refractivity contribution in [2.45, 2.75) is 90.9 Å². The molecule has 1 fully saturated rings. The van der Waals surface area contributed by atoms with Gasteiger partial charge >= 0.3 is 0 Å². The number of aromatic nitrogens is 1. The normalized spacial score (nSPS) is 19.4. The van der Waals surface area contributed by atoms with Crippen LogP contribution in [0.5, 0.6) is 0 Å². The van der Waals surface area contributed by atoms with Gasteiger partial charge < -0.3 is 0 Å². The van der Waals surface area contributed by atoms with Crippen LogP contribution in [0.3, 0.4) is 0 Å². The molecule has 0 saturated heterocycles. The molecule has 162 valence electrons. The fourth-order valence-electron chi connectivity index (χ4n) is 4.77. The van der Waals surface area contributed by atoms with Crippen LogP contribution in [0.25, 0.3) is 11.3 Å².